The van der Waals surface area contributed by atoms with Crippen LogP contribution in [0.1, 0.15) is 53.4 Å². The van der Waals surface area contributed by atoms with Gasteiger partial charge in [-0.05, 0) is 40.0 Å². The first-order valence-electron chi connectivity index (χ1n) is 6.58. The lowest BCUT2D eigenvalue weighted by atomic mass is 9.88. The predicted octanol–water partition coefficient (Wildman–Crippen LogP) is 2.72. The lowest BCUT2D eigenvalue weighted by Gasteiger charge is -2.36. The highest BCUT2D eigenvalue weighted by molar-refractivity contribution is 7.90. The lowest BCUT2D eigenvalue weighted by Crippen LogP contribution is -2.54. The molecule has 0 rings (SSSR count). The van der Waals surface area contributed by atoms with E-state index in [2.05, 4.69) is 11.3 Å². The number of hydrogen-bond acceptors (Lipinski definition) is 4. The molecule has 0 fully saturated rings. The fraction of sp³-hybridized carbons (Fsp3) is 0.786. The topological polar surface area (TPSA) is 61.4 Å². The maximum Gasteiger partial charge on any atom is 0.307 e. The SMILES string of the molecule is C=CCC[C@](CC)(CC(=O)OC)N[S+]([O-])C(C)(C)C. The van der Waals surface area contributed by atoms with Crippen LogP contribution in [0.2, 0.25) is 0 Å². The van der Waals surface area contributed by atoms with Crippen LogP contribution >= 0.6 is 0 Å². The molecule has 0 bridgehead atoms. The van der Waals surface area contributed by atoms with E-state index in [-0.39, 0.29) is 17.1 Å². The average molecular weight is 289 g/mol. The summed E-state index contributed by atoms with van der Waals surface area (Å²) >= 11 is -1.22. The molecule has 19 heavy (non-hydrogen) atoms. The van der Waals surface area contributed by atoms with Crippen LogP contribution in [0.15, 0.2) is 12.7 Å². The molecule has 0 aliphatic rings. The first kappa shape index (κ1) is 18.5. The Kier molecular flexibility index (Phi) is 7.71. The van der Waals surface area contributed by atoms with Gasteiger partial charge in [-0.2, -0.15) is 0 Å². The Morgan fingerprint density at radius 2 is 2.05 bits per heavy atom. The van der Waals surface area contributed by atoms with Gasteiger partial charge in [0.05, 0.1) is 19.1 Å². The Bertz CT molecular complexity index is 302. The third-order valence-electron chi connectivity index (χ3n) is 3.08. The van der Waals surface area contributed by atoms with Crippen LogP contribution in [0.4, 0.5) is 0 Å². The molecule has 0 aliphatic heterocycles. The minimum absolute atomic E-state index is 0.218. The number of ether oxygens (including phenoxy) is 1. The maximum atomic E-state index is 12.3. The van der Waals surface area contributed by atoms with Gasteiger partial charge in [0.25, 0.3) is 0 Å². The molecule has 0 saturated carbocycles. The van der Waals surface area contributed by atoms with Crippen LogP contribution in [-0.4, -0.2) is 27.9 Å². The first-order chi connectivity index (χ1) is 8.70. The van der Waals surface area contributed by atoms with E-state index in [9.17, 15) is 9.35 Å². The number of rotatable bonds is 8. The molecule has 0 saturated heterocycles. The number of allylic oxidation sites excluding steroid dienone is 1. The molecular formula is C14H27NO3S. The molecule has 0 amide bonds. The molecule has 0 spiro atoms. The van der Waals surface area contributed by atoms with Crippen molar-refractivity contribution in [3.63, 3.8) is 0 Å². The van der Waals surface area contributed by atoms with Crippen molar-refractivity contribution in [2.75, 3.05) is 7.11 Å². The molecule has 1 unspecified atom stereocenters. The van der Waals surface area contributed by atoms with E-state index >= 15 is 0 Å². The summed E-state index contributed by atoms with van der Waals surface area (Å²) in [5, 5.41) is 0. The zero-order valence-electron chi connectivity index (χ0n) is 12.7. The fourth-order valence-electron chi connectivity index (χ4n) is 1.63. The Morgan fingerprint density at radius 3 is 2.42 bits per heavy atom. The Labute approximate surface area is 120 Å². The third-order valence-corrected chi connectivity index (χ3v) is 4.81. The fourth-order valence-corrected chi connectivity index (χ4v) is 2.64. The predicted molar refractivity (Wildman–Crippen MR) is 80.1 cm³/mol. The van der Waals surface area contributed by atoms with Crippen molar-refractivity contribution in [2.45, 2.75) is 63.7 Å². The maximum absolute atomic E-state index is 12.3. The molecule has 1 N–H and O–H groups in total. The molecule has 4 nitrogen and oxygen atoms in total. The number of carbonyl (C=O) groups is 1. The second-order valence-corrected chi connectivity index (χ2v) is 7.66. The second-order valence-electron chi connectivity index (χ2n) is 5.70. The highest BCUT2D eigenvalue weighted by Gasteiger charge is 2.39. The lowest BCUT2D eigenvalue weighted by molar-refractivity contribution is -0.142. The molecule has 0 aromatic heterocycles. The largest absolute Gasteiger partial charge is 0.598 e. The summed E-state index contributed by atoms with van der Waals surface area (Å²) in [4.78, 5) is 11.6. The monoisotopic (exact) mass is 289 g/mol. The van der Waals surface area contributed by atoms with E-state index in [1.165, 1.54) is 7.11 Å². The van der Waals surface area contributed by atoms with Crippen molar-refractivity contribution in [1.29, 1.82) is 0 Å². The molecule has 0 aliphatic carbocycles. The van der Waals surface area contributed by atoms with Crippen LogP contribution < -0.4 is 4.72 Å². The van der Waals surface area contributed by atoms with Gasteiger partial charge < -0.3 is 9.29 Å². The van der Waals surface area contributed by atoms with E-state index < -0.39 is 16.9 Å². The normalized spacial score (nSPS) is 16.5. The number of methoxy groups -OCH3 is 1. The van der Waals surface area contributed by atoms with Crippen molar-refractivity contribution >= 4 is 17.3 Å². The molecule has 112 valence electrons. The van der Waals surface area contributed by atoms with Crippen LogP contribution in [0.3, 0.4) is 0 Å². The van der Waals surface area contributed by atoms with E-state index in [1.54, 1.807) is 0 Å². The summed E-state index contributed by atoms with van der Waals surface area (Å²) in [5.41, 5.74) is -0.501. The summed E-state index contributed by atoms with van der Waals surface area (Å²) in [6.07, 6.45) is 4.21. The highest BCUT2D eigenvalue weighted by Crippen LogP contribution is 2.27. The Balaban J connectivity index is 5.00. The standard InChI is InChI=1S/C14H27NO3S/c1-7-9-10-14(8-2,11-12(16)18-6)15-19(17)13(3,4)5/h7,15H,1,8-11H2,2-6H3/t14-,19?/m1/s1. The number of hydrogen-bond donors (Lipinski definition) is 1. The van der Waals surface area contributed by atoms with Gasteiger partial charge in [0.1, 0.15) is 4.75 Å². The van der Waals surface area contributed by atoms with Gasteiger partial charge in [-0.3, -0.25) is 4.79 Å². The molecule has 0 aromatic rings. The zero-order valence-corrected chi connectivity index (χ0v) is 13.6. The van der Waals surface area contributed by atoms with Crippen molar-refractivity contribution in [3.8, 4) is 0 Å². The number of esters is 1. The molecule has 0 aromatic carbocycles. The Morgan fingerprint density at radius 1 is 1.47 bits per heavy atom. The van der Waals surface area contributed by atoms with E-state index in [1.807, 2.05) is 33.8 Å². The van der Waals surface area contributed by atoms with Crippen LogP contribution in [-0.2, 0) is 20.9 Å². The third kappa shape index (κ3) is 6.45. The van der Waals surface area contributed by atoms with Gasteiger partial charge in [-0.1, -0.05) is 13.0 Å². The molecule has 0 radical (unpaired) electrons. The van der Waals surface area contributed by atoms with Crippen molar-refractivity contribution < 1.29 is 14.1 Å². The van der Waals surface area contributed by atoms with Gasteiger partial charge in [-0.15, -0.1) is 11.3 Å². The first-order valence-corrected chi connectivity index (χ1v) is 7.73. The highest BCUT2D eigenvalue weighted by atomic mass is 32.2. The quantitative estimate of drug-likeness (QED) is 0.424. The van der Waals surface area contributed by atoms with Crippen molar-refractivity contribution in [3.05, 3.63) is 12.7 Å². The molecule has 5 heteroatoms. The minimum Gasteiger partial charge on any atom is -0.598 e. The smallest absolute Gasteiger partial charge is 0.307 e. The van der Waals surface area contributed by atoms with E-state index in [0.29, 0.717) is 12.8 Å². The summed E-state index contributed by atoms with van der Waals surface area (Å²) in [7, 11) is 1.37. The van der Waals surface area contributed by atoms with Gasteiger partial charge in [0.15, 0.2) is 0 Å². The zero-order chi connectivity index (χ0) is 15.1. The van der Waals surface area contributed by atoms with Gasteiger partial charge in [-0.25, -0.2) is 0 Å². The van der Waals surface area contributed by atoms with Gasteiger partial charge in [0.2, 0.25) is 0 Å². The minimum atomic E-state index is -1.22. The number of nitrogens with one attached hydrogen (secondary N) is 1. The Hall–Kier alpha value is -0.520. The van der Waals surface area contributed by atoms with Crippen molar-refractivity contribution in [1.82, 2.24) is 4.72 Å². The summed E-state index contributed by atoms with van der Waals surface area (Å²) < 4.78 is 19.8. The van der Waals surface area contributed by atoms with Crippen LogP contribution in [0, 0.1) is 0 Å². The molecule has 2 atom stereocenters. The summed E-state index contributed by atoms with van der Waals surface area (Å²) in [6, 6.07) is 0. The molecular weight excluding hydrogens is 262 g/mol. The van der Waals surface area contributed by atoms with Gasteiger partial charge >= 0.3 is 5.97 Å². The summed E-state index contributed by atoms with van der Waals surface area (Å²) in [5.74, 6) is -0.288. The van der Waals surface area contributed by atoms with E-state index in [0.717, 1.165) is 6.42 Å². The second kappa shape index (κ2) is 7.92. The van der Waals surface area contributed by atoms with Crippen molar-refractivity contribution in [2.24, 2.45) is 0 Å². The summed E-state index contributed by atoms with van der Waals surface area (Å²) in [6.45, 7) is 11.4. The van der Waals surface area contributed by atoms with Crippen LogP contribution in [0.25, 0.3) is 0 Å². The van der Waals surface area contributed by atoms with E-state index in [4.69, 9.17) is 4.74 Å². The van der Waals surface area contributed by atoms with Gasteiger partial charge in [0, 0.05) is 11.4 Å². The average Bonchev–Trinajstić information content (AvgIpc) is 2.34. The van der Waals surface area contributed by atoms with Crippen LogP contribution in [0.5, 0.6) is 0 Å². The number of carbonyl (C=O) groups excluding carboxylic acids is 1. The molecule has 0 heterocycles.